The second-order valence-electron chi connectivity index (χ2n) is 5.57. The van der Waals surface area contributed by atoms with Crippen molar-refractivity contribution in [1.82, 2.24) is 0 Å². The first-order valence-corrected chi connectivity index (χ1v) is 7.19. The molecule has 2 aromatic rings. The van der Waals surface area contributed by atoms with E-state index in [4.69, 9.17) is 0 Å². The van der Waals surface area contributed by atoms with Gasteiger partial charge in [-0.15, -0.1) is 0 Å². The number of hydrogen-bond donors (Lipinski definition) is 1. The number of anilines is 1. The minimum absolute atomic E-state index is 0.265. The summed E-state index contributed by atoms with van der Waals surface area (Å²) in [5.41, 5.74) is 3.57. The predicted octanol–water partition coefficient (Wildman–Crippen LogP) is 4.00. The summed E-state index contributed by atoms with van der Waals surface area (Å²) in [5.74, 6) is -0.265. The van der Waals surface area contributed by atoms with E-state index in [1.807, 2.05) is 7.05 Å². The Labute approximate surface area is 125 Å². The van der Waals surface area contributed by atoms with Gasteiger partial charge < -0.3 is 10.0 Å². The highest BCUT2D eigenvalue weighted by Gasteiger charge is 2.11. The van der Waals surface area contributed by atoms with Crippen molar-refractivity contribution in [1.29, 1.82) is 0 Å². The zero-order valence-corrected chi connectivity index (χ0v) is 12.8. The van der Waals surface area contributed by atoms with E-state index < -0.39 is 6.10 Å². The van der Waals surface area contributed by atoms with Crippen LogP contribution >= 0.6 is 0 Å². The maximum absolute atomic E-state index is 13.5. The molecule has 0 aliphatic heterocycles. The molecule has 3 heteroatoms. The molecule has 0 aromatic heterocycles. The molecule has 0 aliphatic carbocycles. The van der Waals surface area contributed by atoms with E-state index in [0.717, 1.165) is 5.69 Å². The monoisotopic (exact) mass is 287 g/mol. The highest BCUT2D eigenvalue weighted by atomic mass is 19.1. The highest BCUT2D eigenvalue weighted by Crippen LogP contribution is 2.21. The van der Waals surface area contributed by atoms with Crippen LogP contribution in [0.1, 0.15) is 29.2 Å². The Balaban J connectivity index is 1.95. The maximum atomic E-state index is 13.5. The zero-order chi connectivity index (χ0) is 15.4. The molecule has 0 amide bonds. The Hall–Kier alpha value is -1.87. The fraction of sp³-hybridized carbons (Fsp3) is 0.333. The lowest BCUT2D eigenvalue weighted by molar-refractivity contribution is 0.169. The fourth-order valence-electron chi connectivity index (χ4n) is 2.23. The Bertz CT molecular complexity index is 595. The van der Waals surface area contributed by atoms with Gasteiger partial charge in [0.2, 0.25) is 0 Å². The van der Waals surface area contributed by atoms with Crippen LogP contribution in [-0.2, 0) is 0 Å². The Morgan fingerprint density at radius 1 is 1.10 bits per heavy atom. The van der Waals surface area contributed by atoms with Gasteiger partial charge in [-0.1, -0.05) is 29.8 Å². The van der Waals surface area contributed by atoms with Gasteiger partial charge in [0.1, 0.15) is 5.82 Å². The van der Waals surface area contributed by atoms with Crippen LogP contribution < -0.4 is 4.90 Å². The minimum Gasteiger partial charge on any atom is -0.388 e. The van der Waals surface area contributed by atoms with Crippen LogP contribution in [0.5, 0.6) is 0 Å². The molecular formula is C18H22FNO. The summed E-state index contributed by atoms with van der Waals surface area (Å²) >= 11 is 0. The van der Waals surface area contributed by atoms with Gasteiger partial charge in [-0.2, -0.15) is 0 Å². The van der Waals surface area contributed by atoms with E-state index in [2.05, 4.69) is 36.1 Å². The topological polar surface area (TPSA) is 23.5 Å². The van der Waals surface area contributed by atoms with E-state index in [-0.39, 0.29) is 5.82 Å². The third-order valence-electron chi connectivity index (χ3n) is 3.79. The van der Waals surface area contributed by atoms with E-state index in [0.29, 0.717) is 24.1 Å². The molecular weight excluding hydrogens is 265 g/mol. The Kier molecular flexibility index (Phi) is 4.97. The molecule has 0 radical (unpaired) electrons. The molecule has 0 saturated heterocycles. The summed E-state index contributed by atoms with van der Waals surface area (Å²) in [4.78, 5) is 2.09. The Morgan fingerprint density at radius 2 is 1.76 bits per heavy atom. The van der Waals surface area contributed by atoms with Gasteiger partial charge in [-0.25, -0.2) is 4.39 Å². The minimum atomic E-state index is -0.645. The number of aliphatic hydroxyl groups is 1. The molecule has 0 bridgehead atoms. The van der Waals surface area contributed by atoms with Crippen LogP contribution in [-0.4, -0.2) is 18.7 Å². The molecule has 21 heavy (non-hydrogen) atoms. The molecule has 0 saturated carbocycles. The Morgan fingerprint density at radius 3 is 2.38 bits per heavy atom. The number of nitrogens with zero attached hydrogens (tertiary/aromatic N) is 1. The predicted molar refractivity (Wildman–Crippen MR) is 85.2 cm³/mol. The van der Waals surface area contributed by atoms with Gasteiger partial charge in [-0.05, 0) is 49.6 Å². The van der Waals surface area contributed by atoms with Crippen LogP contribution in [0, 0.1) is 19.7 Å². The summed E-state index contributed by atoms with van der Waals surface area (Å²) in [6.07, 6.45) is -0.0830. The highest BCUT2D eigenvalue weighted by molar-refractivity contribution is 5.46. The standard InChI is InChI=1S/C18H22FNO/c1-13-4-8-16(9-5-13)20(3)11-10-18(21)15-7-6-14(2)17(19)12-15/h4-9,12,18,21H,10-11H2,1-3H3. The van der Waals surface area contributed by atoms with E-state index in [9.17, 15) is 9.50 Å². The SMILES string of the molecule is Cc1ccc(N(C)CCC(O)c2ccc(C)c(F)c2)cc1. The summed E-state index contributed by atoms with van der Waals surface area (Å²) in [6.45, 7) is 4.48. The van der Waals surface area contributed by atoms with Crippen LogP contribution in [0.4, 0.5) is 10.1 Å². The molecule has 2 nitrogen and oxygen atoms in total. The number of halogens is 1. The second kappa shape index (κ2) is 6.72. The van der Waals surface area contributed by atoms with Crippen LogP contribution in [0.2, 0.25) is 0 Å². The number of rotatable bonds is 5. The zero-order valence-electron chi connectivity index (χ0n) is 12.8. The fourth-order valence-corrected chi connectivity index (χ4v) is 2.23. The largest absolute Gasteiger partial charge is 0.388 e. The number of aryl methyl sites for hydroxylation is 2. The number of aliphatic hydroxyl groups excluding tert-OH is 1. The average molecular weight is 287 g/mol. The van der Waals surface area contributed by atoms with Crippen molar-refractivity contribution >= 4 is 5.69 Å². The second-order valence-corrected chi connectivity index (χ2v) is 5.57. The van der Waals surface area contributed by atoms with Crippen LogP contribution in [0.3, 0.4) is 0 Å². The number of benzene rings is 2. The quantitative estimate of drug-likeness (QED) is 0.898. The normalized spacial score (nSPS) is 12.2. The molecule has 1 N–H and O–H groups in total. The first-order valence-electron chi connectivity index (χ1n) is 7.19. The maximum Gasteiger partial charge on any atom is 0.126 e. The lowest BCUT2D eigenvalue weighted by Crippen LogP contribution is -2.20. The van der Waals surface area contributed by atoms with Crippen molar-refractivity contribution in [3.63, 3.8) is 0 Å². The average Bonchev–Trinajstić information content (AvgIpc) is 2.48. The molecule has 1 atom stereocenters. The summed E-state index contributed by atoms with van der Waals surface area (Å²) in [7, 11) is 1.99. The van der Waals surface area contributed by atoms with Gasteiger partial charge in [0.15, 0.2) is 0 Å². The summed E-state index contributed by atoms with van der Waals surface area (Å²) in [5, 5.41) is 10.2. The van der Waals surface area contributed by atoms with Crippen LogP contribution in [0.15, 0.2) is 42.5 Å². The van der Waals surface area contributed by atoms with Gasteiger partial charge in [0, 0.05) is 19.3 Å². The van der Waals surface area contributed by atoms with Gasteiger partial charge >= 0.3 is 0 Å². The lowest BCUT2D eigenvalue weighted by Gasteiger charge is -2.21. The molecule has 0 fully saturated rings. The molecule has 0 aliphatic rings. The lowest BCUT2D eigenvalue weighted by atomic mass is 10.0. The van der Waals surface area contributed by atoms with Crippen LogP contribution in [0.25, 0.3) is 0 Å². The first-order chi connectivity index (χ1) is 9.97. The van der Waals surface area contributed by atoms with Gasteiger partial charge in [0.05, 0.1) is 6.10 Å². The third-order valence-corrected chi connectivity index (χ3v) is 3.79. The van der Waals surface area contributed by atoms with Crippen molar-refractivity contribution in [3.05, 3.63) is 65.0 Å². The molecule has 0 heterocycles. The van der Waals surface area contributed by atoms with Gasteiger partial charge in [0.25, 0.3) is 0 Å². The van der Waals surface area contributed by atoms with Crippen molar-refractivity contribution in [2.75, 3.05) is 18.5 Å². The summed E-state index contributed by atoms with van der Waals surface area (Å²) in [6, 6.07) is 13.2. The van der Waals surface area contributed by atoms with Crippen molar-refractivity contribution < 1.29 is 9.50 Å². The molecule has 2 rings (SSSR count). The molecule has 2 aromatic carbocycles. The number of hydrogen-bond acceptors (Lipinski definition) is 2. The van der Waals surface area contributed by atoms with Crippen molar-refractivity contribution in [2.45, 2.75) is 26.4 Å². The van der Waals surface area contributed by atoms with E-state index in [1.54, 1.807) is 19.1 Å². The molecule has 112 valence electrons. The molecule has 0 spiro atoms. The first kappa shape index (κ1) is 15.5. The van der Waals surface area contributed by atoms with E-state index in [1.165, 1.54) is 11.6 Å². The van der Waals surface area contributed by atoms with E-state index >= 15 is 0 Å². The van der Waals surface area contributed by atoms with Crippen molar-refractivity contribution in [2.24, 2.45) is 0 Å². The van der Waals surface area contributed by atoms with Crippen molar-refractivity contribution in [3.8, 4) is 0 Å². The van der Waals surface area contributed by atoms with Gasteiger partial charge in [-0.3, -0.25) is 0 Å². The summed E-state index contributed by atoms with van der Waals surface area (Å²) < 4.78 is 13.5. The molecule has 1 unspecified atom stereocenters. The smallest absolute Gasteiger partial charge is 0.126 e. The third kappa shape index (κ3) is 4.05.